The van der Waals surface area contributed by atoms with E-state index >= 15 is 0 Å². The largest absolute Gasteiger partial charge is 0.341 e. The predicted molar refractivity (Wildman–Crippen MR) is 97.8 cm³/mol. The van der Waals surface area contributed by atoms with Crippen LogP contribution in [0.5, 0.6) is 0 Å². The van der Waals surface area contributed by atoms with Gasteiger partial charge in [-0.3, -0.25) is 4.79 Å². The molecule has 0 radical (unpaired) electrons. The summed E-state index contributed by atoms with van der Waals surface area (Å²) in [6, 6.07) is 5.29. The highest BCUT2D eigenvalue weighted by Crippen LogP contribution is 2.27. The van der Waals surface area contributed by atoms with E-state index < -0.39 is 10.0 Å². The van der Waals surface area contributed by atoms with E-state index in [2.05, 4.69) is 0 Å². The highest BCUT2D eigenvalue weighted by Gasteiger charge is 2.31. The van der Waals surface area contributed by atoms with Crippen molar-refractivity contribution in [3.05, 3.63) is 29.3 Å². The Morgan fingerprint density at radius 3 is 2.36 bits per heavy atom. The summed E-state index contributed by atoms with van der Waals surface area (Å²) in [5, 5.41) is 0. The fraction of sp³-hybridized carbons (Fsp3) is 0.632. The van der Waals surface area contributed by atoms with Crippen molar-refractivity contribution in [3.63, 3.8) is 0 Å². The van der Waals surface area contributed by atoms with Crippen molar-refractivity contribution in [2.45, 2.75) is 50.8 Å². The molecule has 1 aliphatic carbocycles. The molecule has 0 N–H and O–H groups in total. The number of aryl methyl sites for hydroxylation is 2. The van der Waals surface area contributed by atoms with Gasteiger partial charge >= 0.3 is 0 Å². The molecule has 0 unspecified atom stereocenters. The van der Waals surface area contributed by atoms with Crippen LogP contribution in [0, 0.1) is 19.8 Å². The minimum atomic E-state index is -3.50. The second-order valence-electron chi connectivity index (χ2n) is 7.31. The smallest absolute Gasteiger partial charge is 0.243 e. The lowest BCUT2D eigenvalue weighted by Crippen LogP contribution is -2.39. The SMILES string of the molecule is Cc1ccc(S(=O)(=O)N2CCCN(C(=O)C3CCCC3)CC2)cc1C. The van der Waals surface area contributed by atoms with Crippen LogP contribution in [0.25, 0.3) is 0 Å². The Kier molecular flexibility index (Phi) is 5.49. The van der Waals surface area contributed by atoms with E-state index in [0.29, 0.717) is 37.5 Å². The second kappa shape index (κ2) is 7.46. The van der Waals surface area contributed by atoms with Gasteiger partial charge in [0.25, 0.3) is 0 Å². The number of nitrogens with zero attached hydrogens (tertiary/aromatic N) is 2. The number of rotatable bonds is 3. The first-order valence-electron chi connectivity index (χ1n) is 9.26. The molecule has 1 amide bonds. The van der Waals surface area contributed by atoms with Gasteiger partial charge in [0.1, 0.15) is 0 Å². The van der Waals surface area contributed by atoms with Crippen molar-refractivity contribution >= 4 is 15.9 Å². The van der Waals surface area contributed by atoms with Crippen LogP contribution in [-0.2, 0) is 14.8 Å². The summed E-state index contributed by atoms with van der Waals surface area (Å²) in [6.07, 6.45) is 4.94. The van der Waals surface area contributed by atoms with E-state index in [1.54, 1.807) is 16.4 Å². The van der Waals surface area contributed by atoms with E-state index in [-0.39, 0.29) is 11.8 Å². The second-order valence-corrected chi connectivity index (χ2v) is 9.25. The van der Waals surface area contributed by atoms with Gasteiger partial charge in [-0.05, 0) is 56.4 Å². The minimum Gasteiger partial charge on any atom is -0.341 e. The third-order valence-electron chi connectivity index (χ3n) is 5.59. The summed E-state index contributed by atoms with van der Waals surface area (Å²) in [5.74, 6) is 0.380. The molecule has 1 aromatic rings. The predicted octanol–water partition coefficient (Wildman–Crippen LogP) is 2.72. The molecule has 1 saturated heterocycles. The standard InChI is InChI=1S/C19H28N2O3S/c1-15-8-9-18(14-16(15)2)25(23,24)21-11-5-10-20(12-13-21)19(22)17-6-3-4-7-17/h8-9,14,17H,3-7,10-13H2,1-2H3. The number of amides is 1. The molecule has 0 spiro atoms. The van der Waals surface area contributed by atoms with Gasteiger partial charge in [-0.15, -0.1) is 0 Å². The molecule has 6 heteroatoms. The first-order valence-corrected chi connectivity index (χ1v) is 10.7. The van der Waals surface area contributed by atoms with Crippen molar-refractivity contribution in [3.8, 4) is 0 Å². The van der Waals surface area contributed by atoms with Gasteiger partial charge in [0, 0.05) is 32.1 Å². The van der Waals surface area contributed by atoms with Gasteiger partial charge in [-0.2, -0.15) is 4.31 Å². The first-order chi connectivity index (χ1) is 11.9. The average molecular weight is 365 g/mol. The molecular formula is C19H28N2O3S. The zero-order valence-corrected chi connectivity index (χ0v) is 16.0. The summed E-state index contributed by atoms with van der Waals surface area (Å²) < 4.78 is 27.5. The van der Waals surface area contributed by atoms with Gasteiger partial charge in [-0.25, -0.2) is 8.42 Å². The maximum atomic E-state index is 13.0. The van der Waals surface area contributed by atoms with Crippen LogP contribution >= 0.6 is 0 Å². The van der Waals surface area contributed by atoms with Gasteiger partial charge in [0.05, 0.1) is 4.90 Å². The van der Waals surface area contributed by atoms with E-state index in [4.69, 9.17) is 0 Å². The number of benzene rings is 1. The minimum absolute atomic E-state index is 0.155. The van der Waals surface area contributed by atoms with Crippen LogP contribution in [0.1, 0.15) is 43.2 Å². The maximum absolute atomic E-state index is 13.0. The Morgan fingerprint density at radius 2 is 1.68 bits per heavy atom. The van der Waals surface area contributed by atoms with E-state index in [1.165, 1.54) is 0 Å². The van der Waals surface area contributed by atoms with Crippen molar-refractivity contribution in [2.75, 3.05) is 26.2 Å². The van der Waals surface area contributed by atoms with Gasteiger partial charge in [-0.1, -0.05) is 18.9 Å². The molecule has 2 fully saturated rings. The lowest BCUT2D eigenvalue weighted by atomic mass is 10.1. The number of carbonyl (C=O) groups is 1. The number of sulfonamides is 1. The zero-order valence-electron chi connectivity index (χ0n) is 15.2. The molecule has 0 bridgehead atoms. The molecule has 1 saturated carbocycles. The van der Waals surface area contributed by atoms with Crippen LogP contribution in [-0.4, -0.2) is 49.7 Å². The van der Waals surface area contributed by atoms with Crippen molar-refractivity contribution in [1.29, 1.82) is 0 Å². The molecule has 25 heavy (non-hydrogen) atoms. The Morgan fingerprint density at radius 1 is 0.960 bits per heavy atom. The molecule has 2 aliphatic rings. The molecule has 0 atom stereocenters. The van der Waals surface area contributed by atoms with Gasteiger partial charge < -0.3 is 4.90 Å². The molecular weight excluding hydrogens is 336 g/mol. The summed E-state index contributed by atoms with van der Waals surface area (Å²) >= 11 is 0. The molecule has 138 valence electrons. The van der Waals surface area contributed by atoms with Crippen molar-refractivity contribution < 1.29 is 13.2 Å². The van der Waals surface area contributed by atoms with E-state index in [0.717, 1.165) is 36.8 Å². The number of hydrogen-bond acceptors (Lipinski definition) is 3. The van der Waals surface area contributed by atoms with Gasteiger partial charge in [0.15, 0.2) is 0 Å². The highest BCUT2D eigenvalue weighted by atomic mass is 32.2. The molecule has 5 nitrogen and oxygen atoms in total. The van der Waals surface area contributed by atoms with Crippen LogP contribution in [0.15, 0.2) is 23.1 Å². The average Bonchev–Trinajstić information content (AvgIpc) is 3.00. The molecule has 1 heterocycles. The summed E-state index contributed by atoms with van der Waals surface area (Å²) in [5.41, 5.74) is 2.07. The quantitative estimate of drug-likeness (QED) is 0.829. The Balaban J connectivity index is 1.71. The molecule has 3 rings (SSSR count). The number of carbonyl (C=O) groups excluding carboxylic acids is 1. The number of hydrogen-bond donors (Lipinski definition) is 0. The normalized spacial score (nSPS) is 20.6. The monoisotopic (exact) mass is 364 g/mol. The Hall–Kier alpha value is -1.40. The van der Waals surface area contributed by atoms with Gasteiger partial charge in [0.2, 0.25) is 15.9 Å². The van der Waals surface area contributed by atoms with Crippen LogP contribution in [0.3, 0.4) is 0 Å². The highest BCUT2D eigenvalue weighted by molar-refractivity contribution is 7.89. The van der Waals surface area contributed by atoms with Crippen molar-refractivity contribution in [2.24, 2.45) is 5.92 Å². The van der Waals surface area contributed by atoms with E-state index in [9.17, 15) is 13.2 Å². The summed E-state index contributed by atoms with van der Waals surface area (Å²) in [4.78, 5) is 14.9. The van der Waals surface area contributed by atoms with Crippen LogP contribution in [0.4, 0.5) is 0 Å². The third-order valence-corrected chi connectivity index (χ3v) is 7.48. The summed E-state index contributed by atoms with van der Waals surface area (Å²) in [6.45, 7) is 5.92. The first kappa shape index (κ1) is 18.4. The molecule has 1 aliphatic heterocycles. The topological polar surface area (TPSA) is 57.7 Å². The fourth-order valence-electron chi connectivity index (χ4n) is 3.81. The van der Waals surface area contributed by atoms with E-state index in [1.807, 2.05) is 24.8 Å². The van der Waals surface area contributed by atoms with Crippen LogP contribution in [0.2, 0.25) is 0 Å². The Bertz CT molecular complexity index is 739. The molecule has 0 aromatic heterocycles. The lowest BCUT2D eigenvalue weighted by molar-refractivity contribution is -0.135. The van der Waals surface area contributed by atoms with Crippen LogP contribution < -0.4 is 0 Å². The van der Waals surface area contributed by atoms with Crippen molar-refractivity contribution in [1.82, 2.24) is 9.21 Å². The zero-order chi connectivity index (χ0) is 18.0. The lowest BCUT2D eigenvalue weighted by Gasteiger charge is -2.24. The third kappa shape index (κ3) is 3.90. The maximum Gasteiger partial charge on any atom is 0.243 e. The fourth-order valence-corrected chi connectivity index (χ4v) is 5.36. The summed E-state index contributed by atoms with van der Waals surface area (Å²) in [7, 11) is -3.50. The Labute approximate surface area is 151 Å². The molecule has 1 aromatic carbocycles.